The zero-order valence-electron chi connectivity index (χ0n) is 8.90. The summed E-state index contributed by atoms with van der Waals surface area (Å²) in [6.07, 6.45) is 6.57. The fraction of sp³-hybridized carbons (Fsp3) is 0.500. The minimum atomic E-state index is -0.593. The molecule has 15 heavy (non-hydrogen) atoms. The van der Waals surface area contributed by atoms with E-state index in [2.05, 4.69) is 0 Å². The maximum absolute atomic E-state index is 11.2. The van der Waals surface area contributed by atoms with E-state index >= 15 is 0 Å². The predicted octanol–water partition coefficient (Wildman–Crippen LogP) is 1.64. The molecule has 2 rings (SSSR count). The van der Waals surface area contributed by atoms with Crippen LogP contribution in [0.5, 0.6) is 0 Å². The monoisotopic (exact) mass is 206 g/mol. The van der Waals surface area contributed by atoms with Crippen LogP contribution in [-0.2, 0) is 14.3 Å². The summed E-state index contributed by atoms with van der Waals surface area (Å²) in [7, 11) is 0. The van der Waals surface area contributed by atoms with Crippen molar-refractivity contribution in [2.24, 2.45) is 11.3 Å². The molecule has 3 heteroatoms. The maximum atomic E-state index is 11.2. The van der Waals surface area contributed by atoms with Gasteiger partial charge in [0.2, 0.25) is 0 Å². The molecule has 0 amide bonds. The number of fused-ring (bicyclic) bond motifs is 1. The standard InChI is InChI=1S/C12H14O3/c1-8-3-4-9-5-6-10(14)15-11(9)12(8,2)7-13/h4-8,11H,3H2,1-2H3/t8-,11-,12+/m0/s1. The summed E-state index contributed by atoms with van der Waals surface area (Å²) in [6, 6.07) is 0. The Morgan fingerprint density at radius 3 is 2.93 bits per heavy atom. The second-order valence-electron chi connectivity index (χ2n) is 4.48. The van der Waals surface area contributed by atoms with E-state index in [1.54, 1.807) is 6.08 Å². The van der Waals surface area contributed by atoms with Crippen molar-refractivity contribution in [1.82, 2.24) is 0 Å². The number of ether oxygens (including phenoxy) is 1. The average Bonchev–Trinajstić information content (AvgIpc) is 2.24. The third-order valence-electron chi connectivity index (χ3n) is 3.54. The minimum absolute atomic E-state index is 0.197. The molecule has 1 heterocycles. The molecular formula is C12H14O3. The van der Waals surface area contributed by atoms with E-state index < -0.39 is 11.5 Å². The van der Waals surface area contributed by atoms with E-state index in [4.69, 9.17) is 4.74 Å². The molecule has 0 radical (unpaired) electrons. The van der Waals surface area contributed by atoms with Crippen molar-refractivity contribution in [3.63, 3.8) is 0 Å². The molecule has 3 nitrogen and oxygen atoms in total. The molecular weight excluding hydrogens is 192 g/mol. The van der Waals surface area contributed by atoms with Crippen molar-refractivity contribution in [2.75, 3.05) is 0 Å². The van der Waals surface area contributed by atoms with Crippen LogP contribution in [0.25, 0.3) is 0 Å². The van der Waals surface area contributed by atoms with Gasteiger partial charge >= 0.3 is 5.97 Å². The van der Waals surface area contributed by atoms with Gasteiger partial charge in [0.25, 0.3) is 0 Å². The quantitative estimate of drug-likeness (QED) is 0.484. The second-order valence-corrected chi connectivity index (χ2v) is 4.48. The summed E-state index contributed by atoms with van der Waals surface area (Å²) in [5, 5.41) is 0. The van der Waals surface area contributed by atoms with Crippen LogP contribution in [0.1, 0.15) is 20.3 Å². The molecule has 0 spiro atoms. The number of aldehydes is 1. The third-order valence-corrected chi connectivity index (χ3v) is 3.54. The molecule has 1 aliphatic carbocycles. The van der Waals surface area contributed by atoms with Crippen LogP contribution in [0.4, 0.5) is 0 Å². The molecule has 0 fully saturated rings. The Balaban J connectivity index is 2.44. The zero-order valence-corrected chi connectivity index (χ0v) is 8.90. The molecule has 2 aliphatic rings. The Kier molecular flexibility index (Phi) is 2.25. The van der Waals surface area contributed by atoms with Crippen molar-refractivity contribution < 1.29 is 14.3 Å². The van der Waals surface area contributed by atoms with Gasteiger partial charge in [-0.3, -0.25) is 0 Å². The maximum Gasteiger partial charge on any atom is 0.331 e. The highest BCUT2D eigenvalue weighted by Crippen LogP contribution is 2.42. The van der Waals surface area contributed by atoms with Crippen LogP contribution < -0.4 is 0 Å². The van der Waals surface area contributed by atoms with Gasteiger partial charge in [0.05, 0.1) is 5.41 Å². The lowest BCUT2D eigenvalue weighted by Gasteiger charge is -2.41. The van der Waals surface area contributed by atoms with Crippen LogP contribution in [0.2, 0.25) is 0 Å². The van der Waals surface area contributed by atoms with E-state index in [-0.39, 0.29) is 11.9 Å². The smallest absolute Gasteiger partial charge is 0.331 e. The molecule has 0 unspecified atom stereocenters. The molecule has 0 saturated heterocycles. The van der Waals surface area contributed by atoms with Gasteiger partial charge in [-0.05, 0) is 30.9 Å². The SMILES string of the molecule is C[C@H]1CC=C2C=CC(=O)O[C@@H]2[C@]1(C)C=O. The van der Waals surface area contributed by atoms with Gasteiger partial charge in [-0.2, -0.15) is 0 Å². The Labute approximate surface area is 88.8 Å². The van der Waals surface area contributed by atoms with Crippen molar-refractivity contribution in [1.29, 1.82) is 0 Å². The lowest BCUT2D eigenvalue weighted by molar-refractivity contribution is -0.152. The van der Waals surface area contributed by atoms with Gasteiger partial charge in [0.15, 0.2) is 0 Å². The van der Waals surface area contributed by atoms with Gasteiger partial charge in [-0.25, -0.2) is 4.79 Å². The van der Waals surface area contributed by atoms with E-state index in [9.17, 15) is 9.59 Å². The van der Waals surface area contributed by atoms with Crippen molar-refractivity contribution >= 4 is 12.3 Å². The Morgan fingerprint density at radius 2 is 2.27 bits per heavy atom. The Morgan fingerprint density at radius 1 is 1.53 bits per heavy atom. The molecule has 0 aromatic carbocycles. The van der Waals surface area contributed by atoms with Gasteiger partial charge in [0, 0.05) is 6.08 Å². The molecule has 1 aliphatic heterocycles. The highest BCUT2D eigenvalue weighted by Gasteiger charge is 2.46. The summed E-state index contributed by atoms with van der Waals surface area (Å²) in [6.45, 7) is 3.86. The number of hydrogen-bond donors (Lipinski definition) is 0. The van der Waals surface area contributed by atoms with Crippen LogP contribution in [-0.4, -0.2) is 18.4 Å². The molecule has 80 valence electrons. The molecule has 0 aromatic rings. The van der Waals surface area contributed by atoms with E-state index in [1.807, 2.05) is 19.9 Å². The van der Waals surface area contributed by atoms with Gasteiger partial charge in [-0.15, -0.1) is 0 Å². The average molecular weight is 206 g/mol. The Hall–Kier alpha value is -1.38. The highest BCUT2D eigenvalue weighted by atomic mass is 16.5. The second kappa shape index (κ2) is 3.33. The highest BCUT2D eigenvalue weighted by molar-refractivity contribution is 5.85. The first-order valence-electron chi connectivity index (χ1n) is 5.13. The molecule has 0 bridgehead atoms. The summed E-state index contributed by atoms with van der Waals surface area (Å²) in [5.41, 5.74) is 0.354. The lowest BCUT2D eigenvalue weighted by Crippen LogP contribution is -2.46. The fourth-order valence-corrected chi connectivity index (χ4v) is 2.14. The lowest BCUT2D eigenvalue weighted by atomic mass is 9.67. The largest absolute Gasteiger partial charge is 0.453 e. The van der Waals surface area contributed by atoms with E-state index in [0.717, 1.165) is 18.3 Å². The predicted molar refractivity (Wildman–Crippen MR) is 55.1 cm³/mol. The normalized spacial score (nSPS) is 39.1. The summed E-state index contributed by atoms with van der Waals surface area (Å²) in [5.74, 6) is -0.164. The fourth-order valence-electron chi connectivity index (χ4n) is 2.14. The van der Waals surface area contributed by atoms with Crippen molar-refractivity contribution in [3.05, 3.63) is 23.8 Å². The van der Waals surface area contributed by atoms with Crippen LogP contribution in [0, 0.1) is 11.3 Å². The van der Waals surface area contributed by atoms with E-state index in [1.165, 1.54) is 6.08 Å². The zero-order chi connectivity index (χ0) is 11.1. The first-order chi connectivity index (χ1) is 7.08. The number of hydrogen-bond acceptors (Lipinski definition) is 3. The first kappa shape index (κ1) is 10.1. The molecule has 0 aromatic heterocycles. The van der Waals surface area contributed by atoms with E-state index in [0.29, 0.717) is 0 Å². The topological polar surface area (TPSA) is 43.4 Å². The van der Waals surface area contributed by atoms with Crippen LogP contribution >= 0.6 is 0 Å². The molecule has 0 N–H and O–H groups in total. The first-order valence-corrected chi connectivity index (χ1v) is 5.13. The summed E-state index contributed by atoms with van der Waals surface area (Å²) >= 11 is 0. The number of carbonyl (C=O) groups excluding carboxylic acids is 2. The number of allylic oxidation sites excluding steroid dienone is 1. The molecule has 3 atom stereocenters. The third kappa shape index (κ3) is 1.42. The van der Waals surface area contributed by atoms with Crippen LogP contribution in [0.15, 0.2) is 23.8 Å². The van der Waals surface area contributed by atoms with Gasteiger partial charge in [0.1, 0.15) is 12.4 Å². The van der Waals surface area contributed by atoms with Crippen molar-refractivity contribution in [2.45, 2.75) is 26.4 Å². The van der Waals surface area contributed by atoms with Gasteiger partial charge < -0.3 is 9.53 Å². The minimum Gasteiger partial charge on any atom is -0.453 e. The van der Waals surface area contributed by atoms with Gasteiger partial charge in [-0.1, -0.05) is 13.0 Å². The van der Waals surface area contributed by atoms with Crippen molar-refractivity contribution in [3.8, 4) is 0 Å². The summed E-state index contributed by atoms with van der Waals surface area (Å²) < 4.78 is 5.24. The Bertz CT molecular complexity index is 367. The number of esters is 1. The van der Waals surface area contributed by atoms with Crippen LogP contribution in [0.3, 0.4) is 0 Å². The number of carbonyl (C=O) groups is 2. The summed E-state index contributed by atoms with van der Waals surface area (Å²) in [4.78, 5) is 22.4. The molecule has 0 saturated carbocycles. The number of rotatable bonds is 1.